The van der Waals surface area contributed by atoms with Crippen LogP contribution in [0.5, 0.6) is 0 Å². The van der Waals surface area contributed by atoms with Gasteiger partial charge in [0, 0.05) is 0 Å². The molecule has 0 bridgehead atoms. The summed E-state index contributed by atoms with van der Waals surface area (Å²) in [5.74, 6) is 2.67. The van der Waals surface area contributed by atoms with Gasteiger partial charge in [0.2, 0.25) is 0 Å². The largest absolute Gasteiger partial charge is 1.00 e. The van der Waals surface area contributed by atoms with E-state index in [0.717, 1.165) is 22.0 Å². The van der Waals surface area contributed by atoms with Gasteiger partial charge in [0.25, 0.3) is 0 Å². The molecule has 84 valence electrons. The summed E-state index contributed by atoms with van der Waals surface area (Å²) in [7, 11) is 0. The molecule has 4 heteroatoms. The molecule has 0 aliphatic heterocycles. The van der Waals surface area contributed by atoms with E-state index in [1.165, 1.54) is 12.8 Å². The number of hydrogen-bond donors (Lipinski definition) is 0. The quantitative estimate of drug-likeness (QED) is 0.423. The maximum Gasteiger partial charge on any atom is -1.00 e. The molecule has 0 heterocycles. The van der Waals surface area contributed by atoms with Gasteiger partial charge in [0.15, 0.2) is 0 Å². The predicted octanol–water partition coefficient (Wildman–Crippen LogP) is -5.88. The first kappa shape index (κ1) is 18.4. The van der Waals surface area contributed by atoms with Gasteiger partial charge < -0.3 is 37.2 Å². The van der Waals surface area contributed by atoms with E-state index in [0.29, 0.717) is 0 Å². The van der Waals surface area contributed by atoms with Crippen LogP contribution >= 0.6 is 0 Å². The summed E-state index contributed by atoms with van der Waals surface area (Å²) in [5.41, 5.74) is 0. The Morgan fingerprint density at radius 1 is 1.13 bits per heavy atom. The molecular weight excluding hydrogens is 286 g/mol. The third-order valence-electron chi connectivity index (χ3n) is 3.32. The molecule has 0 saturated heterocycles. The van der Waals surface area contributed by atoms with Crippen molar-refractivity contribution >= 4 is 0 Å². The Balaban J connectivity index is 0. The third kappa shape index (κ3) is 3.78. The van der Waals surface area contributed by atoms with Crippen LogP contribution in [-0.2, 0) is 20.4 Å². The van der Waals surface area contributed by atoms with Gasteiger partial charge in [-0.2, -0.15) is 0 Å². The molecule has 0 amide bonds. The Bertz CT molecular complexity index is 228. The van der Waals surface area contributed by atoms with E-state index in [1.54, 1.807) is 0 Å². The van der Waals surface area contributed by atoms with Crippen molar-refractivity contribution in [3.05, 3.63) is 24.3 Å². The summed E-state index contributed by atoms with van der Waals surface area (Å²) >= 11 is 2.42. The van der Waals surface area contributed by atoms with Gasteiger partial charge in [0.1, 0.15) is 0 Å². The van der Waals surface area contributed by atoms with E-state index >= 15 is 0 Å². The fourth-order valence-electron chi connectivity index (χ4n) is 2.52. The molecule has 4 atom stereocenters. The standard InChI is InChI=1S/C11H15.3ClH.Ti/c1-2-9-7-10-5-3-4-6-11(10)8-9;;;;/h3-7,9-11H,2,8H2,1H3;3*1H;/q;;;;+3/p-3. The van der Waals surface area contributed by atoms with E-state index in [1.807, 2.05) is 0 Å². The van der Waals surface area contributed by atoms with Gasteiger partial charge in [0.05, 0.1) is 0 Å². The molecule has 1 fully saturated rings. The molecule has 0 aromatic heterocycles. The van der Waals surface area contributed by atoms with Crippen LogP contribution < -0.4 is 37.2 Å². The van der Waals surface area contributed by atoms with Crippen molar-refractivity contribution in [1.82, 2.24) is 0 Å². The van der Waals surface area contributed by atoms with Crippen molar-refractivity contribution in [1.29, 1.82) is 0 Å². The SMILES string of the molecule is CCC1CC2C=CC=CC2[CH]1[Ti+3].[Cl-].[Cl-].[Cl-]. The van der Waals surface area contributed by atoms with Gasteiger partial charge >= 0.3 is 86.5 Å². The number of hydrogen-bond acceptors (Lipinski definition) is 0. The number of rotatable bonds is 1. The Kier molecular flexibility index (Phi) is 10.1. The van der Waals surface area contributed by atoms with Crippen LogP contribution in [0.1, 0.15) is 19.8 Å². The third-order valence-corrected chi connectivity index (χ3v) is 4.66. The van der Waals surface area contributed by atoms with Crippen LogP contribution in [0.2, 0.25) is 4.22 Å². The summed E-state index contributed by atoms with van der Waals surface area (Å²) in [6, 6.07) is 0. The predicted molar refractivity (Wildman–Crippen MR) is 47.4 cm³/mol. The molecule has 0 aromatic rings. The molecule has 1 saturated carbocycles. The zero-order valence-electron chi connectivity index (χ0n) is 8.67. The average molecular weight is 301 g/mol. The minimum atomic E-state index is 0. The molecule has 0 radical (unpaired) electrons. The number of allylic oxidation sites excluding steroid dienone is 4. The normalized spacial score (nSPS) is 35.9. The molecule has 0 aromatic carbocycles. The molecular formula is C11H15Cl3Ti. The maximum absolute atomic E-state index is 2.42. The van der Waals surface area contributed by atoms with Crippen LogP contribution in [-0.4, -0.2) is 0 Å². The molecule has 2 aliphatic rings. The molecule has 2 aliphatic carbocycles. The van der Waals surface area contributed by atoms with Crippen LogP contribution in [0.3, 0.4) is 0 Å². The summed E-state index contributed by atoms with van der Waals surface area (Å²) < 4.78 is 0.904. The molecule has 4 unspecified atom stereocenters. The molecule has 2 rings (SSSR count). The molecule has 0 nitrogen and oxygen atoms in total. The summed E-state index contributed by atoms with van der Waals surface area (Å²) in [4.78, 5) is 0. The van der Waals surface area contributed by atoms with Crippen LogP contribution in [0, 0.1) is 17.8 Å². The van der Waals surface area contributed by atoms with Crippen molar-refractivity contribution in [2.75, 3.05) is 0 Å². The zero-order valence-corrected chi connectivity index (χ0v) is 12.5. The zero-order chi connectivity index (χ0) is 8.55. The first-order chi connectivity index (χ1) is 5.83. The van der Waals surface area contributed by atoms with Crippen molar-refractivity contribution in [3.8, 4) is 0 Å². The van der Waals surface area contributed by atoms with Crippen LogP contribution in [0.4, 0.5) is 0 Å². The fourth-order valence-corrected chi connectivity index (χ4v) is 3.66. The van der Waals surface area contributed by atoms with E-state index in [-0.39, 0.29) is 37.2 Å². The van der Waals surface area contributed by atoms with Crippen molar-refractivity contribution < 1.29 is 57.7 Å². The first-order valence-electron chi connectivity index (χ1n) is 4.89. The second-order valence-electron chi connectivity index (χ2n) is 3.94. The van der Waals surface area contributed by atoms with Gasteiger partial charge in [-0.25, -0.2) is 0 Å². The van der Waals surface area contributed by atoms with E-state index in [9.17, 15) is 0 Å². The Hall–Kier alpha value is 1.06. The first-order valence-corrected chi connectivity index (χ1v) is 5.79. The monoisotopic (exact) mass is 300 g/mol. The average Bonchev–Trinajstić information content (AvgIpc) is 2.44. The van der Waals surface area contributed by atoms with Crippen molar-refractivity contribution in [2.24, 2.45) is 17.8 Å². The van der Waals surface area contributed by atoms with Gasteiger partial charge in [-0.3, -0.25) is 0 Å². The summed E-state index contributed by atoms with van der Waals surface area (Å²) in [6.45, 7) is 2.33. The summed E-state index contributed by atoms with van der Waals surface area (Å²) in [6.07, 6.45) is 12.0. The fraction of sp³-hybridized carbons (Fsp3) is 0.636. The molecule has 15 heavy (non-hydrogen) atoms. The summed E-state index contributed by atoms with van der Waals surface area (Å²) in [5, 5.41) is 0. The Labute approximate surface area is 123 Å². The smallest absolute Gasteiger partial charge is 1.00 e. The number of halogens is 3. The molecule has 0 spiro atoms. The van der Waals surface area contributed by atoms with Crippen molar-refractivity contribution in [3.63, 3.8) is 0 Å². The van der Waals surface area contributed by atoms with Crippen LogP contribution in [0.25, 0.3) is 0 Å². The second-order valence-corrected chi connectivity index (χ2v) is 4.98. The van der Waals surface area contributed by atoms with E-state index in [2.05, 4.69) is 51.7 Å². The van der Waals surface area contributed by atoms with E-state index in [4.69, 9.17) is 0 Å². The van der Waals surface area contributed by atoms with E-state index < -0.39 is 0 Å². The minimum Gasteiger partial charge on any atom is -1.00 e. The Morgan fingerprint density at radius 2 is 1.73 bits per heavy atom. The van der Waals surface area contributed by atoms with Crippen LogP contribution in [0.15, 0.2) is 24.3 Å². The van der Waals surface area contributed by atoms with Crippen molar-refractivity contribution in [2.45, 2.75) is 24.0 Å². The van der Waals surface area contributed by atoms with Gasteiger partial charge in [-0.15, -0.1) is 0 Å². The Morgan fingerprint density at radius 3 is 2.27 bits per heavy atom. The topological polar surface area (TPSA) is 0 Å². The van der Waals surface area contributed by atoms with Gasteiger partial charge in [-0.05, 0) is 0 Å². The van der Waals surface area contributed by atoms with Gasteiger partial charge in [-0.1, -0.05) is 0 Å². The number of fused-ring (bicyclic) bond motifs is 1. The second kappa shape index (κ2) is 8.20. The minimum absolute atomic E-state index is 0. The maximum atomic E-state index is 2.42. The molecule has 0 N–H and O–H groups in total.